The second kappa shape index (κ2) is 14.4. The number of anilines is 2. The van der Waals surface area contributed by atoms with Crippen molar-refractivity contribution in [3.63, 3.8) is 0 Å². The number of nitrogens with one attached hydrogen (secondary N) is 2. The fraction of sp³-hybridized carbons (Fsp3) is 0.333. The van der Waals surface area contributed by atoms with Crippen molar-refractivity contribution in [3.8, 4) is 28.0 Å². The zero-order valence-corrected chi connectivity index (χ0v) is 25.8. The van der Waals surface area contributed by atoms with Crippen LogP contribution in [0.25, 0.3) is 33.2 Å². The molecule has 0 radical (unpaired) electrons. The Kier molecular flexibility index (Phi) is 10.2. The van der Waals surface area contributed by atoms with Gasteiger partial charge in [0.25, 0.3) is 0 Å². The standard InChI is InChI=1S/C31H32FN5O3S.C2H6/c1-3-41-36-27-9-6-21(14-28(27)39-18-20-4-7-23(32)8-5-20)26-19-40-30-25(16-34-31(33-2)29(26)30)22-15-35-37(17-22)24-10-12-38-13-11-24;1-2/h4-9,14-17,19,24,36H,3,10-13,18H2,1-2H3,(H,33,34);1-2H3. The molecule has 10 heteroatoms. The number of furan rings is 1. The van der Waals surface area contributed by atoms with Crippen molar-refractivity contribution in [3.05, 3.63) is 78.7 Å². The maximum atomic E-state index is 13.4. The number of hydrogen-bond acceptors (Lipinski definition) is 8. The smallest absolute Gasteiger partial charge is 0.147 e. The van der Waals surface area contributed by atoms with Crippen molar-refractivity contribution in [1.82, 2.24) is 14.8 Å². The Morgan fingerprint density at radius 2 is 1.84 bits per heavy atom. The Balaban J connectivity index is 0.00000180. The van der Waals surface area contributed by atoms with E-state index < -0.39 is 0 Å². The van der Waals surface area contributed by atoms with Crippen LogP contribution in [0, 0.1) is 5.82 Å². The van der Waals surface area contributed by atoms with Crippen LogP contribution in [0.15, 0.2) is 71.7 Å². The van der Waals surface area contributed by atoms with Gasteiger partial charge >= 0.3 is 0 Å². The molecule has 0 saturated carbocycles. The van der Waals surface area contributed by atoms with Crippen molar-refractivity contribution in [1.29, 1.82) is 0 Å². The van der Waals surface area contributed by atoms with Gasteiger partial charge in [0.05, 0.1) is 29.6 Å². The molecule has 2 aromatic carbocycles. The average Bonchev–Trinajstić information content (AvgIpc) is 3.73. The molecular weight excluding hydrogens is 565 g/mol. The third-order valence-corrected chi connectivity index (χ3v) is 7.89. The van der Waals surface area contributed by atoms with Gasteiger partial charge in [0.1, 0.15) is 29.6 Å². The summed E-state index contributed by atoms with van der Waals surface area (Å²) >= 11 is 1.59. The Bertz CT molecular complexity index is 1630. The average molecular weight is 604 g/mol. The molecule has 226 valence electrons. The molecule has 1 saturated heterocycles. The van der Waals surface area contributed by atoms with Gasteiger partial charge in [-0.2, -0.15) is 5.10 Å². The van der Waals surface area contributed by atoms with E-state index in [1.807, 2.05) is 56.2 Å². The number of benzene rings is 2. The first-order valence-corrected chi connectivity index (χ1v) is 15.7. The molecule has 3 aromatic heterocycles. The van der Waals surface area contributed by atoms with Gasteiger partial charge in [0, 0.05) is 55.1 Å². The first-order chi connectivity index (χ1) is 21.1. The maximum Gasteiger partial charge on any atom is 0.147 e. The number of rotatable bonds is 10. The fourth-order valence-corrected chi connectivity index (χ4v) is 5.53. The highest BCUT2D eigenvalue weighted by atomic mass is 32.2. The molecule has 5 aromatic rings. The summed E-state index contributed by atoms with van der Waals surface area (Å²) in [4.78, 5) is 4.74. The summed E-state index contributed by atoms with van der Waals surface area (Å²) in [5.74, 6) is 2.04. The third-order valence-electron chi connectivity index (χ3n) is 7.24. The summed E-state index contributed by atoms with van der Waals surface area (Å²) in [7, 11) is 1.85. The molecule has 0 atom stereocenters. The second-order valence-electron chi connectivity index (χ2n) is 9.84. The van der Waals surface area contributed by atoms with Crippen LogP contribution in [0.2, 0.25) is 0 Å². The molecule has 1 aliphatic rings. The number of hydrogen-bond donors (Lipinski definition) is 2. The van der Waals surface area contributed by atoms with E-state index in [4.69, 9.17) is 18.9 Å². The molecule has 8 nitrogen and oxygen atoms in total. The lowest BCUT2D eigenvalue weighted by Gasteiger charge is -2.22. The molecule has 1 fully saturated rings. The van der Waals surface area contributed by atoms with E-state index in [0.29, 0.717) is 18.4 Å². The molecule has 0 bridgehead atoms. The topological polar surface area (TPSA) is 86.4 Å². The van der Waals surface area contributed by atoms with Gasteiger partial charge in [0.2, 0.25) is 0 Å². The molecule has 0 amide bonds. The molecule has 4 heterocycles. The number of fused-ring (bicyclic) bond motifs is 1. The van der Waals surface area contributed by atoms with E-state index in [2.05, 4.69) is 28.3 Å². The Morgan fingerprint density at radius 3 is 2.58 bits per heavy atom. The lowest BCUT2D eigenvalue weighted by Crippen LogP contribution is -2.19. The first-order valence-electron chi connectivity index (χ1n) is 14.7. The van der Waals surface area contributed by atoms with Gasteiger partial charge in [-0.1, -0.05) is 50.9 Å². The summed E-state index contributed by atoms with van der Waals surface area (Å²) in [5.41, 5.74) is 6.15. The third kappa shape index (κ3) is 6.81. The van der Waals surface area contributed by atoms with Crippen LogP contribution in [-0.2, 0) is 11.3 Å². The maximum absolute atomic E-state index is 13.4. The number of aromatic nitrogens is 3. The summed E-state index contributed by atoms with van der Waals surface area (Å²) in [6.45, 7) is 7.90. The zero-order valence-electron chi connectivity index (χ0n) is 25.0. The SMILES string of the molecule is CC.CCSNc1ccc(-c2coc3c(-c4cnn(C5CCOCC5)c4)cnc(NC)c23)cc1OCc1ccc(F)cc1. The van der Waals surface area contributed by atoms with E-state index in [1.54, 1.807) is 30.3 Å². The van der Waals surface area contributed by atoms with Crippen molar-refractivity contribution < 1.29 is 18.3 Å². The summed E-state index contributed by atoms with van der Waals surface area (Å²) in [6.07, 6.45) is 9.45. The van der Waals surface area contributed by atoms with Gasteiger partial charge in [-0.3, -0.25) is 4.68 Å². The normalized spacial score (nSPS) is 13.4. The number of halogens is 1. The van der Waals surface area contributed by atoms with Gasteiger partial charge in [-0.25, -0.2) is 9.37 Å². The molecule has 0 unspecified atom stereocenters. The molecular formula is C33H38FN5O3S. The van der Waals surface area contributed by atoms with E-state index in [1.165, 1.54) is 12.1 Å². The van der Waals surface area contributed by atoms with Crippen molar-refractivity contribution in [2.24, 2.45) is 0 Å². The van der Waals surface area contributed by atoms with Gasteiger partial charge in [-0.15, -0.1) is 0 Å². The Hall–Kier alpha value is -4.02. The van der Waals surface area contributed by atoms with Crippen LogP contribution in [0.5, 0.6) is 5.75 Å². The Labute approximate surface area is 256 Å². The van der Waals surface area contributed by atoms with Gasteiger partial charge in [0.15, 0.2) is 0 Å². The van der Waals surface area contributed by atoms with Gasteiger partial charge < -0.3 is 23.9 Å². The molecule has 1 aliphatic heterocycles. The molecule has 2 N–H and O–H groups in total. The van der Waals surface area contributed by atoms with Crippen LogP contribution in [-0.4, -0.2) is 40.8 Å². The minimum Gasteiger partial charge on any atom is -0.487 e. The van der Waals surface area contributed by atoms with Crippen molar-refractivity contribution in [2.75, 3.05) is 36.1 Å². The molecule has 0 aliphatic carbocycles. The summed E-state index contributed by atoms with van der Waals surface area (Å²) < 4.78 is 36.8. The van der Waals surface area contributed by atoms with Crippen LogP contribution in [0.3, 0.4) is 0 Å². The van der Waals surface area contributed by atoms with Crippen LogP contribution in [0.1, 0.15) is 45.2 Å². The van der Waals surface area contributed by atoms with Crippen molar-refractivity contribution in [2.45, 2.75) is 46.3 Å². The van der Waals surface area contributed by atoms with Crippen LogP contribution >= 0.6 is 11.9 Å². The van der Waals surface area contributed by atoms with E-state index in [-0.39, 0.29) is 5.82 Å². The lowest BCUT2D eigenvalue weighted by atomic mass is 10.0. The molecule has 6 rings (SSSR count). The van der Waals surface area contributed by atoms with E-state index >= 15 is 0 Å². The minimum atomic E-state index is -0.270. The Morgan fingerprint density at radius 1 is 1.05 bits per heavy atom. The fourth-order valence-electron chi connectivity index (χ4n) is 5.06. The number of pyridine rings is 1. The highest BCUT2D eigenvalue weighted by molar-refractivity contribution is 8.00. The largest absolute Gasteiger partial charge is 0.487 e. The second-order valence-corrected chi connectivity index (χ2v) is 10.9. The summed E-state index contributed by atoms with van der Waals surface area (Å²) in [6, 6.07) is 12.7. The van der Waals surface area contributed by atoms with Gasteiger partial charge in [-0.05, 0) is 48.2 Å². The molecule has 43 heavy (non-hydrogen) atoms. The monoisotopic (exact) mass is 603 g/mol. The number of ether oxygens (including phenoxy) is 2. The van der Waals surface area contributed by atoms with Crippen LogP contribution < -0.4 is 14.8 Å². The lowest BCUT2D eigenvalue weighted by molar-refractivity contribution is 0.0662. The summed E-state index contributed by atoms with van der Waals surface area (Å²) in [5, 5.41) is 8.77. The highest BCUT2D eigenvalue weighted by Crippen LogP contribution is 2.42. The predicted molar refractivity (Wildman–Crippen MR) is 173 cm³/mol. The first kappa shape index (κ1) is 30.4. The minimum absolute atomic E-state index is 0.270. The molecule has 0 spiro atoms. The quantitative estimate of drug-likeness (QED) is 0.154. The van der Waals surface area contributed by atoms with E-state index in [9.17, 15) is 4.39 Å². The zero-order chi connectivity index (χ0) is 30.2. The number of nitrogens with zero attached hydrogens (tertiary/aromatic N) is 3. The van der Waals surface area contributed by atoms with Crippen LogP contribution in [0.4, 0.5) is 15.9 Å². The predicted octanol–water partition coefficient (Wildman–Crippen LogP) is 8.58. The van der Waals surface area contributed by atoms with E-state index in [0.717, 1.165) is 82.1 Å². The van der Waals surface area contributed by atoms with Crippen molar-refractivity contribution >= 4 is 34.4 Å². The highest BCUT2D eigenvalue weighted by Gasteiger charge is 2.21.